The Kier molecular flexibility index (Phi) is 7.52. The molecular weight excluding hydrogens is 348 g/mol. The van der Waals surface area contributed by atoms with Crippen LogP contribution in [0.5, 0.6) is 11.5 Å². The van der Waals surface area contributed by atoms with Crippen LogP contribution in [0.2, 0.25) is 0 Å². The average molecular weight is 368 g/mol. The quantitative estimate of drug-likeness (QED) is 0.421. The number of benzene rings is 2. The van der Waals surface area contributed by atoms with Gasteiger partial charge in [-0.1, -0.05) is 0 Å². The molecule has 2 aromatic carbocycles. The topological polar surface area (TPSA) is 101 Å². The summed E-state index contributed by atoms with van der Waals surface area (Å²) in [5.74, 6) is 0.361. The van der Waals surface area contributed by atoms with Crippen LogP contribution in [0.15, 0.2) is 58.7 Å². The number of nitrogens with one attached hydrogen (secondary N) is 2. The molecule has 0 heterocycles. The maximum absolute atomic E-state index is 11.7. The number of hydrogen-bond acceptors (Lipinski definition) is 6. The van der Waals surface area contributed by atoms with Crippen molar-refractivity contribution in [3.05, 3.63) is 59.7 Å². The fourth-order valence-electron chi connectivity index (χ4n) is 1.96. The fourth-order valence-corrected chi connectivity index (χ4v) is 1.96. The first-order valence-electron chi connectivity index (χ1n) is 8.02. The van der Waals surface area contributed by atoms with Gasteiger partial charge in [-0.15, -0.1) is 0 Å². The first kappa shape index (κ1) is 19.6. The van der Waals surface area contributed by atoms with Gasteiger partial charge in [-0.05, 0) is 59.7 Å². The minimum atomic E-state index is -0.545. The van der Waals surface area contributed by atoms with E-state index in [1.807, 2.05) is 0 Å². The molecule has 8 heteroatoms. The van der Waals surface area contributed by atoms with E-state index in [0.29, 0.717) is 0 Å². The van der Waals surface area contributed by atoms with Gasteiger partial charge >= 0.3 is 0 Å². The molecule has 0 unspecified atom stereocenters. The number of amides is 2. The van der Waals surface area contributed by atoms with Crippen LogP contribution >= 0.6 is 0 Å². The predicted molar refractivity (Wildman–Crippen MR) is 102 cm³/mol. The molecule has 0 aliphatic carbocycles. The minimum absolute atomic E-state index is 0.389. The van der Waals surface area contributed by atoms with Crippen LogP contribution in [0.1, 0.15) is 17.5 Å². The molecule has 27 heavy (non-hydrogen) atoms. The molecule has 2 aromatic rings. The van der Waals surface area contributed by atoms with Gasteiger partial charge < -0.3 is 9.47 Å². The van der Waals surface area contributed by atoms with Crippen molar-refractivity contribution >= 4 is 24.2 Å². The van der Waals surface area contributed by atoms with Gasteiger partial charge in [-0.25, -0.2) is 10.9 Å². The second-order valence-electron chi connectivity index (χ2n) is 5.31. The van der Waals surface area contributed by atoms with Gasteiger partial charge in [-0.2, -0.15) is 10.2 Å². The number of hydrazone groups is 2. The Morgan fingerprint density at radius 2 is 1.15 bits per heavy atom. The largest absolute Gasteiger partial charge is 0.497 e. The second-order valence-corrected chi connectivity index (χ2v) is 5.31. The van der Waals surface area contributed by atoms with Crippen molar-refractivity contribution < 1.29 is 19.1 Å². The minimum Gasteiger partial charge on any atom is -0.497 e. The zero-order chi connectivity index (χ0) is 19.5. The Morgan fingerprint density at radius 3 is 1.48 bits per heavy atom. The van der Waals surface area contributed by atoms with E-state index in [2.05, 4.69) is 21.1 Å². The first-order valence-corrected chi connectivity index (χ1v) is 8.02. The number of ether oxygens (including phenoxy) is 2. The molecule has 0 saturated carbocycles. The number of rotatable bonds is 8. The van der Waals surface area contributed by atoms with Crippen molar-refractivity contribution in [2.45, 2.75) is 6.42 Å². The van der Waals surface area contributed by atoms with Crippen molar-refractivity contribution in [1.82, 2.24) is 10.9 Å². The van der Waals surface area contributed by atoms with Crippen LogP contribution in [0.25, 0.3) is 0 Å². The van der Waals surface area contributed by atoms with E-state index in [9.17, 15) is 9.59 Å². The summed E-state index contributed by atoms with van der Waals surface area (Å²) in [6.07, 6.45) is 2.55. The lowest BCUT2D eigenvalue weighted by Crippen LogP contribution is -2.27. The Morgan fingerprint density at radius 1 is 0.778 bits per heavy atom. The van der Waals surface area contributed by atoms with Crippen LogP contribution in [-0.4, -0.2) is 38.5 Å². The van der Waals surface area contributed by atoms with Crippen LogP contribution in [0.4, 0.5) is 0 Å². The maximum atomic E-state index is 11.7. The van der Waals surface area contributed by atoms with E-state index in [1.165, 1.54) is 12.4 Å². The molecule has 8 nitrogen and oxygen atoms in total. The van der Waals surface area contributed by atoms with Crippen LogP contribution < -0.4 is 20.3 Å². The van der Waals surface area contributed by atoms with Crippen LogP contribution in [0.3, 0.4) is 0 Å². The van der Waals surface area contributed by atoms with Crippen molar-refractivity contribution in [3.63, 3.8) is 0 Å². The van der Waals surface area contributed by atoms with Gasteiger partial charge in [0.15, 0.2) is 0 Å². The number of methoxy groups -OCH3 is 2. The molecule has 0 radical (unpaired) electrons. The molecule has 0 fully saturated rings. The third-order valence-electron chi connectivity index (χ3n) is 3.36. The highest BCUT2D eigenvalue weighted by Crippen LogP contribution is 2.10. The van der Waals surface area contributed by atoms with E-state index in [4.69, 9.17) is 9.47 Å². The molecule has 0 saturated heterocycles. The van der Waals surface area contributed by atoms with Gasteiger partial charge in [0.05, 0.1) is 26.6 Å². The molecule has 2 N–H and O–H groups in total. The summed E-state index contributed by atoms with van der Waals surface area (Å²) in [5, 5.41) is 7.60. The lowest BCUT2D eigenvalue weighted by molar-refractivity contribution is -0.129. The number of hydrogen-bond donors (Lipinski definition) is 2. The predicted octanol–water partition coefficient (Wildman–Crippen LogP) is 1.69. The molecule has 2 amide bonds. The van der Waals surface area contributed by atoms with Crippen molar-refractivity contribution in [2.24, 2.45) is 10.2 Å². The van der Waals surface area contributed by atoms with Crippen molar-refractivity contribution in [2.75, 3.05) is 14.2 Å². The average Bonchev–Trinajstić information content (AvgIpc) is 2.69. The Labute approximate surface area is 156 Å². The fraction of sp³-hybridized carbons (Fsp3) is 0.158. The summed E-state index contributed by atoms with van der Waals surface area (Å²) in [5.41, 5.74) is 6.13. The lowest BCUT2D eigenvalue weighted by Gasteiger charge is -2.01. The van der Waals surface area contributed by atoms with E-state index < -0.39 is 11.8 Å². The zero-order valence-corrected chi connectivity index (χ0v) is 15.0. The van der Waals surface area contributed by atoms with Gasteiger partial charge in [-0.3, -0.25) is 9.59 Å². The third kappa shape index (κ3) is 6.99. The summed E-state index contributed by atoms with van der Waals surface area (Å²) in [7, 11) is 3.16. The molecule has 2 rings (SSSR count). The zero-order valence-electron chi connectivity index (χ0n) is 15.0. The van der Waals surface area contributed by atoms with Crippen molar-refractivity contribution in [3.8, 4) is 11.5 Å². The second kappa shape index (κ2) is 10.3. The molecule has 0 atom stereocenters. The summed E-state index contributed by atoms with van der Waals surface area (Å²) >= 11 is 0. The number of carbonyl (C=O) groups excluding carboxylic acids is 2. The molecule has 0 aliphatic heterocycles. The van der Waals surface area contributed by atoms with E-state index in [-0.39, 0.29) is 6.42 Å². The van der Waals surface area contributed by atoms with E-state index in [1.54, 1.807) is 62.8 Å². The van der Waals surface area contributed by atoms with Gasteiger partial charge in [0.1, 0.15) is 17.9 Å². The molecule has 0 spiro atoms. The van der Waals surface area contributed by atoms with Gasteiger partial charge in [0.25, 0.3) is 0 Å². The SMILES string of the molecule is COc1ccc(C=NNC(=O)CC(=O)NN=Cc2ccc(OC)cc2)cc1. The standard InChI is InChI=1S/C19H20N4O4/c1-26-16-7-3-14(4-8-16)12-20-22-18(24)11-19(25)23-21-13-15-5-9-17(27-2)10-6-15/h3-10,12-13H,11H2,1-2H3,(H,22,24)(H,23,25). The highest BCUT2D eigenvalue weighted by molar-refractivity contribution is 5.97. The number of nitrogens with zero attached hydrogens (tertiary/aromatic N) is 2. The Hall–Kier alpha value is -3.68. The molecule has 0 bridgehead atoms. The maximum Gasteiger partial charge on any atom is 0.249 e. The summed E-state index contributed by atoms with van der Waals surface area (Å²) in [6.45, 7) is 0. The monoisotopic (exact) mass is 368 g/mol. The third-order valence-corrected chi connectivity index (χ3v) is 3.36. The van der Waals surface area contributed by atoms with E-state index >= 15 is 0 Å². The van der Waals surface area contributed by atoms with E-state index in [0.717, 1.165) is 22.6 Å². The molecule has 0 aromatic heterocycles. The van der Waals surface area contributed by atoms with Gasteiger partial charge in [0.2, 0.25) is 11.8 Å². The highest BCUT2D eigenvalue weighted by atomic mass is 16.5. The summed E-state index contributed by atoms with van der Waals surface area (Å²) in [4.78, 5) is 23.4. The summed E-state index contributed by atoms with van der Waals surface area (Å²) < 4.78 is 10.1. The highest BCUT2D eigenvalue weighted by Gasteiger charge is 2.07. The van der Waals surface area contributed by atoms with Crippen molar-refractivity contribution in [1.29, 1.82) is 0 Å². The molecular formula is C19H20N4O4. The molecule has 0 aliphatic rings. The number of carbonyl (C=O) groups is 2. The Bertz CT molecular complexity index is 745. The lowest BCUT2D eigenvalue weighted by atomic mass is 10.2. The normalized spacial score (nSPS) is 10.7. The Balaban J connectivity index is 1.73. The summed E-state index contributed by atoms with van der Waals surface area (Å²) in [6, 6.07) is 14.2. The van der Waals surface area contributed by atoms with Gasteiger partial charge in [0, 0.05) is 0 Å². The van der Waals surface area contributed by atoms with Crippen LogP contribution in [-0.2, 0) is 9.59 Å². The van der Waals surface area contributed by atoms with Crippen LogP contribution in [0, 0.1) is 0 Å². The smallest absolute Gasteiger partial charge is 0.249 e. The molecule has 140 valence electrons. The first-order chi connectivity index (χ1) is 13.1.